The lowest BCUT2D eigenvalue weighted by Gasteiger charge is -2.11. The van der Waals surface area contributed by atoms with Gasteiger partial charge in [0.2, 0.25) is 0 Å². The third-order valence-electron chi connectivity index (χ3n) is 2.69. The standard InChI is InChI=1S/C14H13ClN2O3/c1-20-13-5-2-8(15)6-12(13)17-14(19)10-7-9(18)3-4-11(10)16/h2-7,18H,16H2,1H3,(H,17,19). The Morgan fingerprint density at radius 2 is 2.05 bits per heavy atom. The van der Waals surface area contributed by atoms with Crippen LogP contribution in [0.15, 0.2) is 36.4 Å². The van der Waals surface area contributed by atoms with Crippen LogP contribution < -0.4 is 15.8 Å². The number of phenolic OH excluding ortho intramolecular Hbond substituents is 1. The lowest BCUT2D eigenvalue weighted by molar-refractivity contribution is 0.102. The summed E-state index contributed by atoms with van der Waals surface area (Å²) in [5, 5.41) is 12.5. The summed E-state index contributed by atoms with van der Waals surface area (Å²) in [5.41, 5.74) is 6.58. The van der Waals surface area contributed by atoms with Crippen molar-refractivity contribution in [3.8, 4) is 11.5 Å². The van der Waals surface area contributed by atoms with Gasteiger partial charge >= 0.3 is 0 Å². The van der Waals surface area contributed by atoms with E-state index in [1.54, 1.807) is 18.2 Å². The second kappa shape index (κ2) is 5.71. The Labute approximate surface area is 120 Å². The van der Waals surface area contributed by atoms with Crippen LogP contribution in [0.3, 0.4) is 0 Å². The van der Waals surface area contributed by atoms with Gasteiger partial charge in [-0.05, 0) is 36.4 Å². The Bertz CT molecular complexity index is 659. The van der Waals surface area contributed by atoms with Crippen LogP contribution in [0.2, 0.25) is 5.02 Å². The van der Waals surface area contributed by atoms with E-state index in [-0.39, 0.29) is 17.0 Å². The predicted molar refractivity (Wildman–Crippen MR) is 78.5 cm³/mol. The normalized spacial score (nSPS) is 10.1. The zero-order chi connectivity index (χ0) is 14.7. The number of phenols is 1. The number of halogens is 1. The molecule has 0 saturated carbocycles. The lowest BCUT2D eigenvalue weighted by Crippen LogP contribution is -2.14. The number of hydrogen-bond acceptors (Lipinski definition) is 4. The Balaban J connectivity index is 2.32. The number of ether oxygens (including phenoxy) is 1. The minimum Gasteiger partial charge on any atom is -0.508 e. The van der Waals surface area contributed by atoms with Gasteiger partial charge in [-0.2, -0.15) is 0 Å². The van der Waals surface area contributed by atoms with Gasteiger partial charge < -0.3 is 20.9 Å². The van der Waals surface area contributed by atoms with Gasteiger partial charge in [-0.15, -0.1) is 0 Å². The van der Waals surface area contributed by atoms with Crippen molar-refractivity contribution >= 4 is 28.9 Å². The van der Waals surface area contributed by atoms with Crippen molar-refractivity contribution in [3.05, 3.63) is 47.0 Å². The minimum absolute atomic E-state index is 0.0394. The molecule has 2 aromatic carbocycles. The molecule has 4 N–H and O–H groups in total. The van der Waals surface area contributed by atoms with Gasteiger partial charge in [-0.3, -0.25) is 4.79 Å². The molecule has 0 aliphatic rings. The number of anilines is 2. The SMILES string of the molecule is COc1ccc(Cl)cc1NC(=O)c1cc(O)ccc1N. The minimum atomic E-state index is -0.459. The average molecular weight is 293 g/mol. The molecule has 1 amide bonds. The number of hydrogen-bond donors (Lipinski definition) is 3. The Morgan fingerprint density at radius 1 is 1.30 bits per heavy atom. The average Bonchev–Trinajstić information content (AvgIpc) is 2.41. The van der Waals surface area contributed by atoms with Crippen molar-refractivity contribution in [2.24, 2.45) is 0 Å². The van der Waals surface area contributed by atoms with Crippen molar-refractivity contribution in [1.29, 1.82) is 0 Å². The smallest absolute Gasteiger partial charge is 0.257 e. The number of nitrogens with one attached hydrogen (secondary N) is 1. The van der Waals surface area contributed by atoms with E-state index in [4.69, 9.17) is 22.1 Å². The molecule has 0 unspecified atom stereocenters. The van der Waals surface area contributed by atoms with Crippen LogP contribution in [0.5, 0.6) is 11.5 Å². The molecular weight excluding hydrogens is 280 g/mol. The number of amides is 1. The summed E-state index contributed by atoms with van der Waals surface area (Å²) in [6, 6.07) is 9.02. The first-order chi connectivity index (χ1) is 9.51. The van der Waals surface area contributed by atoms with Crippen molar-refractivity contribution in [2.45, 2.75) is 0 Å². The number of aromatic hydroxyl groups is 1. The topological polar surface area (TPSA) is 84.6 Å². The molecule has 6 heteroatoms. The molecule has 5 nitrogen and oxygen atoms in total. The third-order valence-corrected chi connectivity index (χ3v) is 2.93. The first-order valence-electron chi connectivity index (χ1n) is 5.74. The van der Waals surface area contributed by atoms with Crippen LogP contribution in [0.1, 0.15) is 10.4 Å². The van der Waals surface area contributed by atoms with E-state index in [9.17, 15) is 9.90 Å². The summed E-state index contributed by atoms with van der Waals surface area (Å²) in [5.74, 6) is -0.0251. The molecule has 0 aliphatic carbocycles. The number of nitrogens with two attached hydrogens (primary N) is 1. The van der Waals surface area contributed by atoms with E-state index >= 15 is 0 Å². The van der Waals surface area contributed by atoms with Crippen molar-refractivity contribution in [3.63, 3.8) is 0 Å². The maximum atomic E-state index is 12.2. The number of methoxy groups -OCH3 is 1. The van der Waals surface area contributed by atoms with Crippen LogP contribution in [0, 0.1) is 0 Å². The van der Waals surface area contributed by atoms with E-state index in [0.717, 1.165) is 0 Å². The van der Waals surface area contributed by atoms with Gasteiger partial charge in [0.05, 0.1) is 18.4 Å². The summed E-state index contributed by atoms with van der Waals surface area (Å²) in [7, 11) is 1.49. The maximum Gasteiger partial charge on any atom is 0.257 e. The van der Waals surface area contributed by atoms with Crippen LogP contribution in [0.4, 0.5) is 11.4 Å². The van der Waals surface area contributed by atoms with Gasteiger partial charge in [0.25, 0.3) is 5.91 Å². The van der Waals surface area contributed by atoms with Gasteiger partial charge in [0.1, 0.15) is 11.5 Å². The molecule has 0 atom stereocenters. The van der Waals surface area contributed by atoms with Crippen LogP contribution in [-0.4, -0.2) is 18.1 Å². The summed E-state index contributed by atoms with van der Waals surface area (Å²) >= 11 is 5.89. The second-order valence-corrected chi connectivity index (χ2v) is 4.51. The molecule has 0 bridgehead atoms. The monoisotopic (exact) mass is 292 g/mol. The second-order valence-electron chi connectivity index (χ2n) is 4.07. The summed E-state index contributed by atoms with van der Waals surface area (Å²) in [6.07, 6.45) is 0. The summed E-state index contributed by atoms with van der Waals surface area (Å²) in [4.78, 5) is 12.2. The molecule has 20 heavy (non-hydrogen) atoms. The number of carbonyl (C=O) groups excluding carboxylic acids is 1. The fourth-order valence-electron chi connectivity index (χ4n) is 1.71. The number of rotatable bonds is 3. The zero-order valence-corrected chi connectivity index (χ0v) is 11.4. The highest BCUT2D eigenvalue weighted by Crippen LogP contribution is 2.29. The van der Waals surface area contributed by atoms with Gasteiger partial charge in [0, 0.05) is 10.7 Å². The molecule has 0 saturated heterocycles. The van der Waals surface area contributed by atoms with E-state index in [1.807, 2.05) is 0 Å². The van der Waals surface area contributed by atoms with Crippen LogP contribution in [-0.2, 0) is 0 Å². The van der Waals surface area contributed by atoms with E-state index < -0.39 is 5.91 Å². The van der Waals surface area contributed by atoms with Crippen molar-refractivity contribution in [2.75, 3.05) is 18.2 Å². The van der Waals surface area contributed by atoms with Gasteiger partial charge in [-0.25, -0.2) is 0 Å². The number of nitrogen functional groups attached to an aromatic ring is 1. The molecule has 2 aromatic rings. The molecule has 0 spiro atoms. The first-order valence-corrected chi connectivity index (χ1v) is 6.12. The fraction of sp³-hybridized carbons (Fsp3) is 0.0714. The Hall–Kier alpha value is -2.40. The highest BCUT2D eigenvalue weighted by molar-refractivity contribution is 6.31. The molecule has 0 aromatic heterocycles. The molecule has 2 rings (SSSR count). The number of carbonyl (C=O) groups is 1. The van der Waals surface area contributed by atoms with E-state index in [0.29, 0.717) is 16.5 Å². The molecule has 0 heterocycles. The highest BCUT2D eigenvalue weighted by Gasteiger charge is 2.13. The summed E-state index contributed by atoms with van der Waals surface area (Å²) in [6.45, 7) is 0. The Morgan fingerprint density at radius 3 is 2.75 bits per heavy atom. The largest absolute Gasteiger partial charge is 0.508 e. The van der Waals surface area contributed by atoms with Crippen molar-refractivity contribution in [1.82, 2.24) is 0 Å². The number of benzene rings is 2. The van der Waals surface area contributed by atoms with Crippen LogP contribution >= 0.6 is 11.6 Å². The highest BCUT2D eigenvalue weighted by atomic mass is 35.5. The molecule has 0 radical (unpaired) electrons. The molecular formula is C14H13ClN2O3. The van der Waals surface area contributed by atoms with Gasteiger partial charge in [0.15, 0.2) is 0 Å². The molecule has 0 aliphatic heterocycles. The van der Waals surface area contributed by atoms with Gasteiger partial charge in [-0.1, -0.05) is 11.6 Å². The van der Waals surface area contributed by atoms with E-state index in [2.05, 4.69) is 5.32 Å². The predicted octanol–water partition coefficient (Wildman–Crippen LogP) is 2.89. The van der Waals surface area contributed by atoms with Crippen LogP contribution in [0.25, 0.3) is 0 Å². The lowest BCUT2D eigenvalue weighted by atomic mass is 10.1. The maximum absolute atomic E-state index is 12.2. The quantitative estimate of drug-likeness (QED) is 0.600. The van der Waals surface area contributed by atoms with E-state index in [1.165, 1.54) is 25.3 Å². The Kier molecular flexibility index (Phi) is 4.00. The third kappa shape index (κ3) is 2.95. The zero-order valence-electron chi connectivity index (χ0n) is 10.7. The van der Waals surface area contributed by atoms with Crippen molar-refractivity contribution < 1.29 is 14.6 Å². The fourth-order valence-corrected chi connectivity index (χ4v) is 1.88. The summed E-state index contributed by atoms with van der Waals surface area (Å²) < 4.78 is 5.14. The first kappa shape index (κ1) is 14.0. The molecule has 104 valence electrons. The molecule has 0 fully saturated rings.